The Morgan fingerprint density at radius 2 is 1.91 bits per heavy atom. The number of fused-ring (bicyclic) bond motifs is 4. The summed E-state index contributed by atoms with van der Waals surface area (Å²) in [6.45, 7) is 0. The predicted molar refractivity (Wildman–Crippen MR) is 86.2 cm³/mol. The third-order valence-electron chi connectivity index (χ3n) is 3.95. The standard InChI is InChI=1S/C15H8ClN3O4/c16-11-2-1-9-6-15-17(20)13-7-12(18(21)22)3-4-14(13)19(15,23)8-10(9)5-11/h1-8H. The van der Waals surface area contributed by atoms with Gasteiger partial charge in [-0.2, -0.15) is 0 Å². The second-order valence-electron chi connectivity index (χ2n) is 5.29. The molecule has 1 unspecified atom stereocenters. The van der Waals surface area contributed by atoms with E-state index in [1.807, 2.05) is 0 Å². The van der Waals surface area contributed by atoms with E-state index in [0.29, 0.717) is 20.2 Å². The number of hydroxylamine groups is 2. The van der Waals surface area contributed by atoms with Gasteiger partial charge in [-0.25, -0.2) is 4.65 Å². The van der Waals surface area contributed by atoms with Crippen LogP contribution in [0.4, 0.5) is 17.1 Å². The maximum absolute atomic E-state index is 13.2. The van der Waals surface area contributed by atoms with Gasteiger partial charge in [0.2, 0.25) is 5.69 Å². The second-order valence-corrected chi connectivity index (χ2v) is 5.72. The van der Waals surface area contributed by atoms with Crippen molar-refractivity contribution < 1.29 is 9.66 Å². The maximum atomic E-state index is 13.2. The average molecular weight is 330 g/mol. The van der Waals surface area contributed by atoms with Crippen LogP contribution in [-0.4, -0.2) is 15.5 Å². The number of halogens is 1. The molecule has 0 aromatic heterocycles. The number of amidine groups is 1. The molecule has 2 aromatic rings. The highest BCUT2D eigenvalue weighted by atomic mass is 35.5. The van der Waals surface area contributed by atoms with Crippen LogP contribution in [0.25, 0.3) is 12.3 Å². The normalized spacial score (nSPS) is 21.0. The summed E-state index contributed by atoms with van der Waals surface area (Å²) in [6.07, 6.45) is 2.86. The van der Waals surface area contributed by atoms with Crippen molar-refractivity contribution in [2.45, 2.75) is 0 Å². The molecule has 0 radical (unpaired) electrons. The molecule has 1 atom stereocenters. The van der Waals surface area contributed by atoms with Crippen LogP contribution >= 0.6 is 11.6 Å². The highest BCUT2D eigenvalue weighted by Gasteiger charge is 2.46. The zero-order valence-electron chi connectivity index (χ0n) is 11.5. The zero-order valence-corrected chi connectivity index (χ0v) is 12.2. The molecule has 4 rings (SSSR count). The fraction of sp³-hybridized carbons (Fsp3) is 0. The Morgan fingerprint density at radius 1 is 1.13 bits per heavy atom. The fourth-order valence-corrected chi connectivity index (χ4v) is 3.05. The molecular formula is C15H8ClN3O4. The van der Waals surface area contributed by atoms with Gasteiger partial charge in [0, 0.05) is 22.4 Å². The Bertz CT molecular complexity index is 1050. The summed E-state index contributed by atoms with van der Waals surface area (Å²) in [4.78, 5) is 10.3. The minimum Gasteiger partial charge on any atom is -0.614 e. The van der Waals surface area contributed by atoms with E-state index in [4.69, 9.17) is 11.6 Å². The number of nitrogens with zero attached hydrogens (tertiary/aromatic N) is 3. The molecule has 0 aliphatic carbocycles. The van der Waals surface area contributed by atoms with Crippen molar-refractivity contribution in [3.63, 3.8) is 0 Å². The molecule has 7 nitrogen and oxygen atoms in total. The number of rotatable bonds is 1. The number of benzene rings is 2. The number of nitro benzene ring substituents is 1. The van der Waals surface area contributed by atoms with Crippen molar-refractivity contribution in [1.82, 2.24) is 4.65 Å². The van der Waals surface area contributed by atoms with Gasteiger partial charge in [-0.1, -0.05) is 17.7 Å². The Morgan fingerprint density at radius 3 is 2.65 bits per heavy atom. The highest BCUT2D eigenvalue weighted by molar-refractivity contribution is 6.30. The van der Waals surface area contributed by atoms with Crippen LogP contribution in [-0.2, 0) is 0 Å². The van der Waals surface area contributed by atoms with Gasteiger partial charge in [0.1, 0.15) is 6.20 Å². The van der Waals surface area contributed by atoms with Gasteiger partial charge >= 0.3 is 5.84 Å². The van der Waals surface area contributed by atoms with Crippen LogP contribution in [0.1, 0.15) is 0 Å². The minimum absolute atomic E-state index is 0.0180. The van der Waals surface area contributed by atoms with Crippen LogP contribution in [0.3, 0.4) is 0 Å². The zero-order chi connectivity index (χ0) is 16.4. The van der Waals surface area contributed by atoms with Gasteiger partial charge < -0.3 is 10.4 Å². The lowest BCUT2D eigenvalue weighted by molar-refractivity contribution is -0.387. The number of non-ortho nitro benzene ring substituents is 1. The van der Waals surface area contributed by atoms with E-state index in [1.165, 1.54) is 24.4 Å². The molecule has 0 saturated heterocycles. The first kappa shape index (κ1) is 13.9. The summed E-state index contributed by atoms with van der Waals surface area (Å²) >= 11 is 5.95. The smallest absolute Gasteiger partial charge is 0.391 e. The molecule has 23 heavy (non-hydrogen) atoms. The fourth-order valence-electron chi connectivity index (χ4n) is 2.86. The van der Waals surface area contributed by atoms with Crippen molar-refractivity contribution in [2.24, 2.45) is 0 Å². The Hall–Kier alpha value is -2.74. The van der Waals surface area contributed by atoms with Crippen LogP contribution in [0.15, 0.2) is 36.4 Å². The Labute approximate surface area is 134 Å². The molecule has 2 aliphatic heterocycles. The van der Waals surface area contributed by atoms with Gasteiger partial charge in [0.15, 0.2) is 0 Å². The van der Waals surface area contributed by atoms with E-state index in [2.05, 4.69) is 0 Å². The molecule has 0 bridgehead atoms. The van der Waals surface area contributed by atoms with E-state index < -0.39 is 9.57 Å². The molecular weight excluding hydrogens is 322 g/mol. The van der Waals surface area contributed by atoms with Crippen molar-refractivity contribution in [3.8, 4) is 0 Å². The quantitative estimate of drug-likeness (QED) is 0.262. The molecule has 0 N–H and O–H groups in total. The summed E-state index contributed by atoms with van der Waals surface area (Å²) in [7, 11) is 0. The van der Waals surface area contributed by atoms with E-state index in [1.54, 1.807) is 18.2 Å². The van der Waals surface area contributed by atoms with Gasteiger partial charge in [-0.15, -0.1) is 4.74 Å². The molecule has 0 fully saturated rings. The molecule has 0 amide bonds. The van der Waals surface area contributed by atoms with Crippen molar-refractivity contribution in [1.29, 1.82) is 0 Å². The lowest BCUT2D eigenvalue weighted by Crippen LogP contribution is -2.49. The lowest BCUT2D eigenvalue weighted by atomic mass is 10.1. The number of quaternary nitrogens is 1. The van der Waals surface area contributed by atoms with Crippen molar-refractivity contribution >= 4 is 46.8 Å². The minimum atomic E-state index is -1.09. The SMILES string of the molecule is O=[N+]([O-])c1ccc2c(c1)[N+]([O-])=C1C=c3ccc(Cl)cc3=C[N+]12[O-]. The third kappa shape index (κ3) is 1.81. The van der Waals surface area contributed by atoms with Crippen molar-refractivity contribution in [2.75, 3.05) is 0 Å². The van der Waals surface area contributed by atoms with E-state index in [0.717, 1.165) is 6.07 Å². The monoisotopic (exact) mass is 329 g/mol. The topological polar surface area (TPSA) is 92.3 Å². The highest BCUT2D eigenvalue weighted by Crippen LogP contribution is 2.42. The van der Waals surface area contributed by atoms with E-state index >= 15 is 0 Å². The van der Waals surface area contributed by atoms with Gasteiger partial charge in [0.05, 0.1) is 17.1 Å². The summed E-state index contributed by atoms with van der Waals surface area (Å²) in [5.41, 5.74) is -0.115. The second kappa shape index (κ2) is 4.39. The summed E-state index contributed by atoms with van der Waals surface area (Å²) in [5, 5.41) is 38.3. The van der Waals surface area contributed by atoms with Crippen LogP contribution in [0, 0.1) is 20.5 Å². The van der Waals surface area contributed by atoms with Crippen LogP contribution < -0.4 is 15.1 Å². The molecule has 114 valence electrons. The maximum Gasteiger partial charge on any atom is 0.391 e. The van der Waals surface area contributed by atoms with Gasteiger partial charge in [0.25, 0.3) is 11.4 Å². The van der Waals surface area contributed by atoms with Crippen LogP contribution in [0.5, 0.6) is 0 Å². The number of nitro groups is 1. The average Bonchev–Trinajstić information content (AvgIpc) is 2.73. The van der Waals surface area contributed by atoms with Crippen molar-refractivity contribution in [3.05, 3.63) is 72.4 Å². The van der Waals surface area contributed by atoms with Crippen LogP contribution in [0.2, 0.25) is 5.02 Å². The molecule has 2 aliphatic rings. The van der Waals surface area contributed by atoms with E-state index in [9.17, 15) is 20.5 Å². The predicted octanol–water partition coefficient (Wildman–Crippen LogP) is 1.84. The summed E-state index contributed by atoms with van der Waals surface area (Å²) in [5.74, 6) is -0.0599. The van der Waals surface area contributed by atoms with Gasteiger partial charge in [-0.05, 0) is 17.4 Å². The third-order valence-corrected chi connectivity index (χ3v) is 4.18. The number of hydrogen-bond donors (Lipinski definition) is 0. The van der Waals surface area contributed by atoms with Gasteiger partial charge in [-0.3, -0.25) is 10.1 Å². The summed E-state index contributed by atoms with van der Waals surface area (Å²) in [6, 6.07) is 8.67. The molecule has 2 heterocycles. The molecule has 0 saturated carbocycles. The number of hydrogen-bond acceptors (Lipinski definition) is 4. The molecule has 8 heteroatoms. The Kier molecular flexibility index (Phi) is 2.65. The van der Waals surface area contributed by atoms with E-state index in [-0.39, 0.29) is 22.9 Å². The first-order chi connectivity index (χ1) is 10.9. The summed E-state index contributed by atoms with van der Waals surface area (Å²) < 4.78 is -0.645. The first-order valence-electron chi connectivity index (χ1n) is 6.64. The molecule has 2 aromatic carbocycles. The first-order valence-corrected chi connectivity index (χ1v) is 7.02. The molecule has 0 spiro atoms. The Balaban J connectivity index is 2.05. The largest absolute Gasteiger partial charge is 0.614 e. The lowest BCUT2D eigenvalue weighted by Gasteiger charge is -2.30.